The van der Waals surface area contributed by atoms with Crippen molar-refractivity contribution in [2.75, 3.05) is 14.2 Å². The molecule has 5 fully saturated rings. The van der Waals surface area contributed by atoms with Crippen molar-refractivity contribution in [3.63, 3.8) is 0 Å². The number of hydrogen-bond donors (Lipinski definition) is 0. The van der Waals surface area contributed by atoms with Gasteiger partial charge in [-0.1, -0.05) is 53.9 Å². The van der Waals surface area contributed by atoms with Gasteiger partial charge in [0, 0.05) is 23.2 Å². The lowest BCUT2D eigenvalue weighted by Gasteiger charge is -2.72. The fourth-order valence-electron chi connectivity index (χ4n) is 12.4. The topological polar surface area (TPSA) is 91.4 Å². The summed E-state index contributed by atoms with van der Waals surface area (Å²) in [6, 6.07) is 0. The molecular formula is C35H52O7. The molecule has 0 unspecified atom stereocenters. The average molecular weight is 585 g/mol. The van der Waals surface area contributed by atoms with Crippen molar-refractivity contribution in [1.29, 1.82) is 0 Å². The summed E-state index contributed by atoms with van der Waals surface area (Å²) in [5.41, 5.74) is -1.18. The molecule has 7 heteroatoms. The maximum atomic E-state index is 14.1. The molecule has 7 aliphatic rings. The molecule has 0 N–H and O–H groups in total. The van der Waals surface area contributed by atoms with E-state index < -0.39 is 28.4 Å². The van der Waals surface area contributed by atoms with Gasteiger partial charge in [-0.05, 0) is 80.5 Å². The molecule has 0 aromatic carbocycles. The Morgan fingerprint density at radius 2 is 1.60 bits per heavy atom. The zero-order chi connectivity index (χ0) is 30.5. The van der Waals surface area contributed by atoms with Crippen LogP contribution in [0.1, 0.15) is 112 Å². The van der Waals surface area contributed by atoms with Crippen molar-refractivity contribution in [3.8, 4) is 0 Å². The van der Waals surface area contributed by atoms with Gasteiger partial charge in [-0.3, -0.25) is 4.79 Å². The summed E-state index contributed by atoms with van der Waals surface area (Å²) >= 11 is 0. The van der Waals surface area contributed by atoms with Gasteiger partial charge >= 0.3 is 17.9 Å². The Bertz CT molecular complexity index is 1210. The molecule has 7 rings (SSSR count). The zero-order valence-electron chi connectivity index (χ0n) is 27.1. The number of methoxy groups -OCH3 is 2. The second-order valence-corrected chi connectivity index (χ2v) is 15.7. The summed E-state index contributed by atoms with van der Waals surface area (Å²) < 4.78 is 24.0. The Morgan fingerprint density at radius 3 is 2.24 bits per heavy atom. The molecular weight excluding hydrogens is 532 g/mol. The van der Waals surface area contributed by atoms with E-state index in [0.29, 0.717) is 35.3 Å². The number of epoxide rings is 1. The molecule has 0 aromatic rings. The number of hydrogen-bond acceptors (Lipinski definition) is 7. The smallest absolute Gasteiger partial charge is 0.334 e. The van der Waals surface area contributed by atoms with Crippen molar-refractivity contribution in [3.05, 3.63) is 11.1 Å². The minimum Gasteiger partial charge on any atom is -0.466 e. The molecule has 1 aliphatic heterocycles. The maximum absolute atomic E-state index is 14.1. The Hall–Kier alpha value is -1.89. The second-order valence-electron chi connectivity index (χ2n) is 15.7. The lowest BCUT2D eigenvalue weighted by molar-refractivity contribution is -0.216. The summed E-state index contributed by atoms with van der Waals surface area (Å²) in [4.78, 5) is 40.2. The van der Waals surface area contributed by atoms with Crippen LogP contribution in [0.5, 0.6) is 0 Å². The number of ether oxygens (including phenoxy) is 4. The lowest BCUT2D eigenvalue weighted by atomic mass is 9.28. The van der Waals surface area contributed by atoms with Crippen LogP contribution in [0.4, 0.5) is 0 Å². The predicted octanol–water partition coefficient (Wildman–Crippen LogP) is 6.57. The van der Waals surface area contributed by atoms with E-state index in [-0.39, 0.29) is 34.9 Å². The fraction of sp³-hybridized carbons (Fsp3) is 0.857. The van der Waals surface area contributed by atoms with Crippen LogP contribution in [0.25, 0.3) is 0 Å². The van der Waals surface area contributed by atoms with Crippen LogP contribution >= 0.6 is 0 Å². The summed E-state index contributed by atoms with van der Waals surface area (Å²) in [5.74, 6) is 0.892. The molecule has 6 aliphatic carbocycles. The highest BCUT2D eigenvalue weighted by atomic mass is 16.6. The largest absolute Gasteiger partial charge is 0.466 e. The van der Waals surface area contributed by atoms with Crippen LogP contribution in [-0.2, 0) is 33.3 Å². The summed E-state index contributed by atoms with van der Waals surface area (Å²) in [7, 11) is 2.84. The molecule has 3 spiro atoms. The Morgan fingerprint density at radius 1 is 0.905 bits per heavy atom. The monoisotopic (exact) mass is 584 g/mol. The summed E-state index contributed by atoms with van der Waals surface area (Å²) in [6.45, 7) is 13.3. The average Bonchev–Trinajstić information content (AvgIpc) is 3.55. The van der Waals surface area contributed by atoms with Gasteiger partial charge < -0.3 is 18.9 Å². The molecule has 234 valence electrons. The number of carbonyl (C=O) groups excluding carboxylic acids is 3. The van der Waals surface area contributed by atoms with Gasteiger partial charge in [0.2, 0.25) is 0 Å². The van der Waals surface area contributed by atoms with E-state index in [0.717, 1.165) is 44.9 Å². The van der Waals surface area contributed by atoms with E-state index in [9.17, 15) is 14.4 Å². The summed E-state index contributed by atoms with van der Waals surface area (Å²) in [5, 5.41) is 0. The van der Waals surface area contributed by atoms with E-state index in [1.165, 1.54) is 40.4 Å². The van der Waals surface area contributed by atoms with Crippen molar-refractivity contribution in [2.24, 2.45) is 45.3 Å². The SMILES string of the molecule is COC(=O)C1=C(C(=O)OC)[C@]23CC[C@]14C[C@@H](OC(C)=O)CC[C@]4(C)[C@]21O[C@@H]1C[C@]1(C)[C@@H]([C@H](C)CCCC(C)C)CC[C@H]13. The zero-order valence-corrected chi connectivity index (χ0v) is 27.1. The number of carbonyl (C=O) groups is 3. The van der Waals surface area contributed by atoms with Crippen LogP contribution in [0.2, 0.25) is 0 Å². The molecule has 7 nitrogen and oxygen atoms in total. The molecule has 0 aromatic heterocycles. The Kier molecular flexibility index (Phi) is 7.04. The third-order valence-electron chi connectivity index (χ3n) is 13.8. The van der Waals surface area contributed by atoms with Crippen molar-refractivity contribution < 1.29 is 33.3 Å². The normalized spacial score (nSPS) is 45.4. The third kappa shape index (κ3) is 3.52. The molecule has 1 saturated heterocycles. The van der Waals surface area contributed by atoms with Crippen LogP contribution in [0, 0.1) is 45.3 Å². The van der Waals surface area contributed by atoms with Crippen LogP contribution in [0.3, 0.4) is 0 Å². The van der Waals surface area contributed by atoms with Crippen LogP contribution in [0.15, 0.2) is 11.1 Å². The van der Waals surface area contributed by atoms with Crippen LogP contribution < -0.4 is 0 Å². The highest BCUT2D eigenvalue weighted by molar-refractivity contribution is 6.04. The van der Waals surface area contributed by atoms with Gasteiger partial charge in [0.1, 0.15) is 11.7 Å². The molecule has 10 atom stereocenters. The number of esters is 3. The minimum absolute atomic E-state index is 0.00502. The van der Waals surface area contributed by atoms with Crippen molar-refractivity contribution >= 4 is 17.9 Å². The molecule has 4 saturated carbocycles. The predicted molar refractivity (Wildman–Crippen MR) is 157 cm³/mol. The molecule has 42 heavy (non-hydrogen) atoms. The lowest BCUT2D eigenvalue weighted by Crippen LogP contribution is -2.75. The maximum Gasteiger partial charge on any atom is 0.334 e. The Balaban J connectivity index is 1.52. The minimum atomic E-state index is -0.686. The number of rotatable bonds is 8. The van der Waals surface area contributed by atoms with Gasteiger partial charge in [-0.15, -0.1) is 0 Å². The van der Waals surface area contributed by atoms with E-state index in [4.69, 9.17) is 18.9 Å². The first-order valence-electron chi connectivity index (χ1n) is 16.6. The summed E-state index contributed by atoms with van der Waals surface area (Å²) in [6.07, 6.45) is 10.2. The first-order chi connectivity index (χ1) is 19.8. The molecule has 0 radical (unpaired) electrons. The van der Waals surface area contributed by atoms with Gasteiger partial charge in [0.15, 0.2) is 0 Å². The number of fused-ring (bicyclic) bond motifs is 2. The van der Waals surface area contributed by atoms with Crippen molar-refractivity contribution in [1.82, 2.24) is 0 Å². The highest BCUT2D eigenvalue weighted by Crippen LogP contribution is 2.88. The van der Waals surface area contributed by atoms with E-state index >= 15 is 0 Å². The van der Waals surface area contributed by atoms with E-state index in [1.807, 2.05) is 0 Å². The molecule has 0 amide bonds. The van der Waals surface area contributed by atoms with E-state index in [2.05, 4.69) is 34.6 Å². The second kappa shape index (κ2) is 9.81. The van der Waals surface area contributed by atoms with Gasteiger partial charge in [-0.2, -0.15) is 0 Å². The van der Waals surface area contributed by atoms with Gasteiger partial charge in [0.05, 0.1) is 31.5 Å². The molecule has 1 heterocycles. The van der Waals surface area contributed by atoms with Crippen LogP contribution in [-0.4, -0.2) is 49.9 Å². The first kappa shape index (κ1) is 30.1. The van der Waals surface area contributed by atoms with Crippen molar-refractivity contribution in [2.45, 2.75) is 130 Å². The standard InChI is InChI=1S/C35H52O7/c1-20(2)10-9-11-21(3)24-12-13-25-31(24,5)19-26-35(42-26)32(6)15-14-23(41-22(4)36)18-33(32)16-17-34(25,35)28(30(38)40-8)27(33)29(37)39-7/h20-21,23-26H,9-19H2,1-8H3/t21-,23+,24-,25-,26-,31-,32+,33+,34-,35+/m1/s1. The fourth-order valence-corrected chi connectivity index (χ4v) is 12.4. The van der Waals surface area contributed by atoms with Gasteiger partial charge in [-0.25, -0.2) is 9.59 Å². The third-order valence-corrected chi connectivity index (χ3v) is 13.8. The Labute approximate surface area is 251 Å². The first-order valence-corrected chi connectivity index (χ1v) is 16.6. The van der Waals surface area contributed by atoms with Gasteiger partial charge in [0.25, 0.3) is 0 Å². The molecule has 2 bridgehead atoms. The van der Waals surface area contributed by atoms with E-state index in [1.54, 1.807) is 0 Å². The quantitative estimate of drug-likeness (QED) is 0.181. The highest BCUT2D eigenvalue weighted by Gasteiger charge is 2.92.